The fourth-order valence-electron chi connectivity index (χ4n) is 2.71. The minimum atomic E-state index is -0.734. The van der Waals surface area contributed by atoms with E-state index < -0.39 is 5.60 Å². The van der Waals surface area contributed by atoms with Crippen molar-refractivity contribution in [1.29, 1.82) is 0 Å². The highest BCUT2D eigenvalue weighted by Crippen LogP contribution is 2.20. The Hall–Kier alpha value is -0.810. The van der Waals surface area contributed by atoms with Gasteiger partial charge in [-0.05, 0) is 39.0 Å². The monoisotopic (exact) mass is 256 g/mol. The van der Waals surface area contributed by atoms with Gasteiger partial charge in [-0.1, -0.05) is 0 Å². The van der Waals surface area contributed by atoms with Gasteiger partial charge in [0.2, 0.25) is 0 Å². The van der Waals surface area contributed by atoms with Gasteiger partial charge in [-0.3, -0.25) is 0 Å². The van der Waals surface area contributed by atoms with Gasteiger partial charge < -0.3 is 20.1 Å². The molecule has 0 saturated carbocycles. The second kappa shape index (κ2) is 5.89. The Bertz CT molecular complexity index is 286. The number of β-amino-alcohol motifs (C(OH)–C–C–N with tert-alkyl or cyclic N) is 1. The summed E-state index contributed by atoms with van der Waals surface area (Å²) in [6.45, 7) is 4.49. The molecule has 0 spiro atoms. The van der Waals surface area contributed by atoms with Crippen molar-refractivity contribution < 1.29 is 14.6 Å². The van der Waals surface area contributed by atoms with Crippen LogP contribution in [0.15, 0.2) is 0 Å². The maximum absolute atomic E-state index is 12.1. The van der Waals surface area contributed by atoms with Crippen molar-refractivity contribution in [3.05, 3.63) is 0 Å². The number of likely N-dealkylation sites (tertiary alicyclic amines) is 1. The summed E-state index contributed by atoms with van der Waals surface area (Å²) in [5.41, 5.74) is -0.734. The third kappa shape index (κ3) is 3.85. The van der Waals surface area contributed by atoms with Gasteiger partial charge in [0.25, 0.3) is 0 Å². The summed E-state index contributed by atoms with van der Waals surface area (Å²) in [6, 6.07) is 0.175. The Morgan fingerprint density at radius 1 is 1.39 bits per heavy atom. The average molecular weight is 256 g/mol. The number of amides is 2. The van der Waals surface area contributed by atoms with E-state index in [1.54, 1.807) is 11.8 Å². The summed E-state index contributed by atoms with van der Waals surface area (Å²) < 4.78 is 5.38. The molecule has 2 aliphatic heterocycles. The molecule has 2 rings (SSSR count). The number of piperidine rings is 1. The molecule has 5 nitrogen and oxygen atoms in total. The predicted molar refractivity (Wildman–Crippen MR) is 68.4 cm³/mol. The van der Waals surface area contributed by atoms with Crippen molar-refractivity contribution in [2.75, 3.05) is 26.3 Å². The van der Waals surface area contributed by atoms with Gasteiger partial charge in [-0.2, -0.15) is 0 Å². The van der Waals surface area contributed by atoms with E-state index in [4.69, 9.17) is 4.74 Å². The van der Waals surface area contributed by atoms with Crippen molar-refractivity contribution in [3.63, 3.8) is 0 Å². The third-order valence-corrected chi connectivity index (χ3v) is 3.74. The van der Waals surface area contributed by atoms with Gasteiger partial charge >= 0.3 is 6.03 Å². The molecular formula is C13H24N2O3. The lowest BCUT2D eigenvalue weighted by Crippen LogP contribution is -2.53. The molecule has 0 aromatic rings. The number of aliphatic hydroxyl groups is 1. The van der Waals surface area contributed by atoms with Crippen molar-refractivity contribution >= 4 is 6.03 Å². The Labute approximate surface area is 108 Å². The van der Waals surface area contributed by atoms with Crippen LogP contribution in [-0.4, -0.2) is 54.0 Å². The van der Waals surface area contributed by atoms with Gasteiger partial charge in [0.15, 0.2) is 0 Å². The van der Waals surface area contributed by atoms with Crippen molar-refractivity contribution in [3.8, 4) is 0 Å². The van der Waals surface area contributed by atoms with Crippen LogP contribution in [0.25, 0.3) is 0 Å². The number of carbonyl (C=O) groups excluding carboxylic acids is 1. The quantitative estimate of drug-likeness (QED) is 0.739. The zero-order chi connectivity index (χ0) is 13.0. The van der Waals surface area contributed by atoms with Crippen LogP contribution >= 0.6 is 0 Å². The Balaban J connectivity index is 1.83. The van der Waals surface area contributed by atoms with Crippen molar-refractivity contribution in [1.82, 2.24) is 10.2 Å². The highest BCUT2D eigenvalue weighted by molar-refractivity contribution is 5.74. The molecular weight excluding hydrogens is 232 g/mol. The fraction of sp³-hybridized carbons (Fsp3) is 0.923. The van der Waals surface area contributed by atoms with Gasteiger partial charge in [-0.25, -0.2) is 4.79 Å². The van der Waals surface area contributed by atoms with E-state index in [1.165, 1.54) is 0 Å². The van der Waals surface area contributed by atoms with E-state index in [0.717, 1.165) is 51.9 Å². The summed E-state index contributed by atoms with van der Waals surface area (Å²) in [7, 11) is 0. The Morgan fingerprint density at radius 3 is 3.00 bits per heavy atom. The molecule has 0 bridgehead atoms. The first kappa shape index (κ1) is 13.6. The number of nitrogens with one attached hydrogen (secondary N) is 1. The molecule has 2 amide bonds. The number of rotatable bonds is 1. The third-order valence-electron chi connectivity index (χ3n) is 3.74. The summed E-state index contributed by atoms with van der Waals surface area (Å²) in [5, 5.41) is 13.1. The molecule has 2 fully saturated rings. The van der Waals surface area contributed by atoms with E-state index in [2.05, 4.69) is 5.32 Å². The predicted octanol–water partition coefficient (Wildman–Crippen LogP) is 1.11. The second-order valence-electron chi connectivity index (χ2n) is 5.71. The number of hydrogen-bond acceptors (Lipinski definition) is 3. The van der Waals surface area contributed by atoms with Gasteiger partial charge in [0, 0.05) is 25.8 Å². The number of hydrogen-bond donors (Lipinski definition) is 2. The Morgan fingerprint density at radius 2 is 2.22 bits per heavy atom. The highest BCUT2D eigenvalue weighted by Gasteiger charge is 2.31. The van der Waals surface area contributed by atoms with Crippen LogP contribution in [-0.2, 0) is 4.74 Å². The van der Waals surface area contributed by atoms with E-state index in [0.29, 0.717) is 6.54 Å². The topological polar surface area (TPSA) is 61.8 Å². The van der Waals surface area contributed by atoms with Crippen LogP contribution in [0, 0.1) is 0 Å². The van der Waals surface area contributed by atoms with E-state index in [1.807, 2.05) is 0 Å². The standard InChI is InChI=1S/C13H24N2O3/c1-13(17)6-3-7-15(10-13)12(16)14-11-4-2-8-18-9-5-11/h11,17H,2-10H2,1H3,(H,14,16)/t11-,13+/m1/s1. The molecule has 2 heterocycles. The molecule has 2 N–H and O–H groups in total. The van der Waals surface area contributed by atoms with Crippen LogP contribution < -0.4 is 5.32 Å². The molecule has 0 unspecified atom stereocenters. The smallest absolute Gasteiger partial charge is 0.317 e. The first-order valence-electron chi connectivity index (χ1n) is 6.92. The molecule has 2 aliphatic rings. The first-order chi connectivity index (χ1) is 8.57. The minimum Gasteiger partial charge on any atom is -0.388 e. The molecule has 0 aliphatic carbocycles. The zero-order valence-corrected chi connectivity index (χ0v) is 11.2. The lowest BCUT2D eigenvalue weighted by molar-refractivity contribution is -0.00293. The van der Waals surface area contributed by atoms with Crippen molar-refractivity contribution in [2.24, 2.45) is 0 Å². The molecule has 5 heteroatoms. The zero-order valence-electron chi connectivity index (χ0n) is 11.2. The number of carbonyl (C=O) groups is 1. The summed E-state index contributed by atoms with van der Waals surface area (Å²) >= 11 is 0. The van der Waals surface area contributed by atoms with Gasteiger partial charge in [-0.15, -0.1) is 0 Å². The minimum absolute atomic E-state index is 0.0399. The van der Waals surface area contributed by atoms with Gasteiger partial charge in [0.1, 0.15) is 0 Å². The summed E-state index contributed by atoms with van der Waals surface area (Å²) in [6.07, 6.45) is 4.51. The van der Waals surface area contributed by atoms with E-state index in [-0.39, 0.29) is 12.1 Å². The summed E-state index contributed by atoms with van der Waals surface area (Å²) in [5.74, 6) is 0. The highest BCUT2D eigenvalue weighted by atomic mass is 16.5. The maximum atomic E-state index is 12.1. The Kier molecular flexibility index (Phi) is 4.45. The fourth-order valence-corrected chi connectivity index (χ4v) is 2.71. The lowest BCUT2D eigenvalue weighted by Gasteiger charge is -2.37. The SMILES string of the molecule is C[C@]1(O)CCCN(C(=O)N[C@@H]2CCCOCC2)C1. The number of ether oxygens (including phenoxy) is 1. The lowest BCUT2D eigenvalue weighted by atomic mass is 9.95. The number of nitrogens with zero attached hydrogens (tertiary/aromatic N) is 1. The largest absolute Gasteiger partial charge is 0.388 e. The molecule has 2 saturated heterocycles. The molecule has 104 valence electrons. The van der Waals surface area contributed by atoms with Crippen molar-refractivity contribution in [2.45, 2.75) is 50.7 Å². The second-order valence-corrected chi connectivity index (χ2v) is 5.71. The maximum Gasteiger partial charge on any atom is 0.317 e. The van der Waals surface area contributed by atoms with E-state index >= 15 is 0 Å². The molecule has 0 aromatic heterocycles. The van der Waals surface area contributed by atoms with Crippen LogP contribution in [0.5, 0.6) is 0 Å². The first-order valence-corrected chi connectivity index (χ1v) is 6.92. The van der Waals surface area contributed by atoms with E-state index in [9.17, 15) is 9.90 Å². The molecule has 18 heavy (non-hydrogen) atoms. The van der Waals surface area contributed by atoms with Crippen LogP contribution in [0.3, 0.4) is 0 Å². The van der Waals surface area contributed by atoms with Gasteiger partial charge in [0.05, 0.1) is 12.1 Å². The average Bonchev–Trinajstić information content (AvgIpc) is 2.56. The summed E-state index contributed by atoms with van der Waals surface area (Å²) in [4.78, 5) is 13.9. The number of urea groups is 1. The van der Waals surface area contributed by atoms with Crippen LogP contribution in [0.2, 0.25) is 0 Å². The molecule has 0 aromatic carbocycles. The normalized spacial score (nSPS) is 33.9. The molecule has 0 radical (unpaired) electrons. The molecule has 2 atom stereocenters. The van der Waals surface area contributed by atoms with Crippen LogP contribution in [0.1, 0.15) is 39.0 Å². The van der Waals surface area contributed by atoms with Crippen LogP contribution in [0.4, 0.5) is 4.79 Å².